The van der Waals surface area contributed by atoms with Gasteiger partial charge < -0.3 is 74.7 Å². The fourth-order valence-corrected chi connectivity index (χ4v) is 7.65. The van der Waals surface area contributed by atoms with Crippen LogP contribution in [0.3, 0.4) is 0 Å². The van der Waals surface area contributed by atoms with Gasteiger partial charge in [-0.15, -0.1) is 0 Å². The van der Waals surface area contributed by atoms with Crippen LogP contribution in [0.5, 0.6) is 5.75 Å². The lowest BCUT2D eigenvalue weighted by Crippen LogP contribution is -2.62. The molecule has 8 amide bonds. The maximum atomic E-state index is 14.4. The predicted molar refractivity (Wildman–Crippen MR) is 271 cm³/mol. The molecule has 2 aromatic carbocycles. The quantitative estimate of drug-likeness (QED) is 0.0309. The summed E-state index contributed by atoms with van der Waals surface area (Å²) < 4.78 is 0. The normalized spacial score (nSPS) is 15.1. The van der Waals surface area contributed by atoms with E-state index in [4.69, 9.17) is 17.2 Å². The van der Waals surface area contributed by atoms with E-state index < -0.39 is 132 Å². The Labute approximate surface area is 434 Å². The average Bonchev–Trinajstić information content (AvgIpc) is 3.89. The lowest BCUT2D eigenvalue weighted by molar-refractivity contribution is -0.144. The summed E-state index contributed by atoms with van der Waals surface area (Å²) in [4.78, 5) is 141. The van der Waals surface area contributed by atoms with Gasteiger partial charge in [0.1, 0.15) is 53.9 Å². The molecule has 25 heteroatoms. The highest BCUT2D eigenvalue weighted by Gasteiger charge is 2.37. The lowest BCUT2D eigenvalue weighted by Gasteiger charge is -2.29. The van der Waals surface area contributed by atoms with Crippen LogP contribution in [0.15, 0.2) is 67.0 Å². The fraction of sp³-hybridized carbons (Fsp3) is 0.500. The van der Waals surface area contributed by atoms with Gasteiger partial charge in [0, 0.05) is 25.2 Å². The van der Waals surface area contributed by atoms with Crippen LogP contribution in [0.2, 0.25) is 0 Å². The topological polar surface area (TPSA) is 422 Å². The van der Waals surface area contributed by atoms with Gasteiger partial charge in [0.25, 0.3) is 0 Å². The number of aromatic nitrogens is 2. The van der Waals surface area contributed by atoms with E-state index in [2.05, 4.69) is 47.2 Å². The van der Waals surface area contributed by atoms with Gasteiger partial charge in [-0.3, -0.25) is 43.2 Å². The first kappa shape index (κ1) is 61.4. The number of aromatic amines is 1. The third kappa shape index (κ3) is 20.8. The number of benzene rings is 2. The van der Waals surface area contributed by atoms with Gasteiger partial charge in [-0.1, -0.05) is 83.0 Å². The zero-order valence-corrected chi connectivity index (χ0v) is 42.5. The Bertz CT molecular complexity index is 2390. The molecular formula is C50H72N12O13. The second-order valence-electron chi connectivity index (χ2n) is 18.3. The van der Waals surface area contributed by atoms with Gasteiger partial charge in [0.2, 0.25) is 47.3 Å². The number of primary amides is 1. The molecule has 0 radical (unpaired) electrons. The molecule has 0 aliphatic rings. The highest BCUT2D eigenvalue weighted by Crippen LogP contribution is 2.15. The van der Waals surface area contributed by atoms with Crippen LogP contribution >= 0.6 is 0 Å². The number of aromatic hydroxyl groups is 1. The Kier molecular flexibility index (Phi) is 25.3. The molecule has 3 rings (SSSR count). The number of imidazole rings is 1. The van der Waals surface area contributed by atoms with Crippen molar-refractivity contribution < 1.29 is 63.3 Å². The van der Waals surface area contributed by atoms with E-state index >= 15 is 0 Å². The van der Waals surface area contributed by atoms with Crippen molar-refractivity contribution >= 4 is 59.2 Å². The number of H-pyrrole nitrogens is 1. The van der Waals surface area contributed by atoms with Gasteiger partial charge in [0.05, 0.1) is 18.9 Å². The van der Waals surface area contributed by atoms with Crippen LogP contribution in [0.4, 0.5) is 0 Å². The van der Waals surface area contributed by atoms with E-state index in [0.717, 1.165) is 0 Å². The lowest BCUT2D eigenvalue weighted by atomic mass is 9.96. The standard InChI is InChI=1S/C50H72N12O13/c1-5-27(3)41(48(72)56-33(50(74)75)14-10-11-19-51)62-47(71)37(26-40(65)66)59-45(69)35(24-38(53)64)58-44(68)34(23-29-12-8-7-9-13-29)60-49(73)42(28(4)6-2)61-46(70)36(25-39-54-20-21-55-39)57-43(67)32(52)22-30-15-17-31(63)18-16-30/h7-9,12-13,15-18,20-21,27-28,32-37,41-42,63H,5-6,10-11,14,19,22-26,51-52H2,1-4H3,(H2,53,64)(H,54,55)(H,56,72)(H,57,67)(H,58,68)(H,59,69)(H,60,73)(H,61,70)(H,62,71)(H,65,66)(H,74,75)/t27-,28-,32-,33-,34-,35-,36-,37-,41-,42-/m0/s1. The number of carbonyl (C=O) groups excluding carboxylic acids is 8. The molecule has 75 heavy (non-hydrogen) atoms. The molecular weight excluding hydrogens is 977 g/mol. The molecule has 0 saturated heterocycles. The average molecular weight is 1050 g/mol. The Balaban J connectivity index is 1.90. The SMILES string of the molecule is CC[C@H](C)[C@H](NC(=O)[C@H](CC(=O)O)NC(=O)[C@H](CC(N)=O)NC(=O)[C@H](Cc1ccccc1)NC(=O)[C@@H](NC(=O)[C@H](Cc1ncc[nH]1)NC(=O)[C@@H](N)Cc1ccc(O)cc1)[C@@H](C)CC)C(=O)N[C@@H](CCCCN)C(=O)O. The number of hydrogen-bond donors (Lipinski definition) is 14. The van der Waals surface area contributed by atoms with Crippen molar-refractivity contribution in [2.24, 2.45) is 29.0 Å². The summed E-state index contributed by atoms with van der Waals surface area (Å²) in [6.45, 7) is 6.98. The number of unbranched alkanes of at least 4 members (excludes halogenated alkanes) is 1. The Morgan fingerprint density at radius 1 is 0.587 bits per heavy atom. The smallest absolute Gasteiger partial charge is 0.326 e. The maximum Gasteiger partial charge on any atom is 0.326 e. The third-order valence-electron chi connectivity index (χ3n) is 12.4. The van der Waals surface area contributed by atoms with Crippen molar-refractivity contribution in [3.63, 3.8) is 0 Å². The molecule has 3 aromatic rings. The van der Waals surface area contributed by atoms with Crippen molar-refractivity contribution in [3.05, 3.63) is 83.9 Å². The minimum atomic E-state index is -1.92. The Morgan fingerprint density at radius 2 is 1.07 bits per heavy atom. The molecule has 10 atom stereocenters. The molecule has 0 spiro atoms. The molecule has 25 nitrogen and oxygen atoms in total. The number of nitrogens with two attached hydrogens (primary N) is 3. The maximum absolute atomic E-state index is 14.4. The number of phenols is 1. The summed E-state index contributed by atoms with van der Waals surface area (Å²) in [5.41, 5.74) is 18.4. The van der Waals surface area contributed by atoms with E-state index in [1.165, 1.54) is 24.5 Å². The summed E-state index contributed by atoms with van der Waals surface area (Å²) in [5, 5.41) is 46.6. The van der Waals surface area contributed by atoms with E-state index in [9.17, 15) is 63.3 Å². The van der Waals surface area contributed by atoms with Crippen LogP contribution in [0.25, 0.3) is 0 Å². The van der Waals surface area contributed by atoms with Crippen molar-refractivity contribution in [2.45, 2.75) is 140 Å². The molecule has 1 heterocycles. The monoisotopic (exact) mass is 1050 g/mol. The van der Waals surface area contributed by atoms with E-state index in [0.29, 0.717) is 49.2 Å². The summed E-state index contributed by atoms with van der Waals surface area (Å²) >= 11 is 0. The Morgan fingerprint density at radius 3 is 1.57 bits per heavy atom. The summed E-state index contributed by atoms with van der Waals surface area (Å²) in [6, 6.07) is 2.52. The summed E-state index contributed by atoms with van der Waals surface area (Å²) in [7, 11) is 0. The van der Waals surface area contributed by atoms with Crippen LogP contribution in [0, 0.1) is 11.8 Å². The molecule has 17 N–H and O–H groups in total. The summed E-state index contributed by atoms with van der Waals surface area (Å²) in [5.74, 6) is -11.6. The number of aliphatic carboxylic acids is 2. The van der Waals surface area contributed by atoms with Gasteiger partial charge >= 0.3 is 11.9 Å². The number of hydrogen-bond acceptors (Lipinski definition) is 14. The molecule has 0 unspecified atom stereocenters. The first-order chi connectivity index (χ1) is 35.6. The highest BCUT2D eigenvalue weighted by atomic mass is 16.4. The fourth-order valence-electron chi connectivity index (χ4n) is 7.65. The number of carboxylic acids is 2. The second-order valence-corrected chi connectivity index (χ2v) is 18.3. The molecule has 0 bridgehead atoms. The number of carbonyl (C=O) groups is 10. The van der Waals surface area contributed by atoms with E-state index in [1.807, 2.05) is 0 Å². The van der Waals surface area contributed by atoms with Crippen LogP contribution in [0.1, 0.15) is 89.6 Å². The minimum Gasteiger partial charge on any atom is -0.508 e. The van der Waals surface area contributed by atoms with E-state index in [-0.39, 0.29) is 31.4 Å². The minimum absolute atomic E-state index is 0.0170. The molecule has 0 aliphatic heterocycles. The van der Waals surface area contributed by atoms with Gasteiger partial charge in [0.15, 0.2) is 0 Å². The number of carboxylic acid groups (broad SMARTS) is 2. The number of phenolic OH excluding ortho intramolecular Hbond substituents is 1. The summed E-state index contributed by atoms with van der Waals surface area (Å²) in [6.07, 6.45) is 2.23. The largest absolute Gasteiger partial charge is 0.508 e. The number of nitrogens with zero attached hydrogens (tertiary/aromatic N) is 1. The molecule has 0 saturated carbocycles. The van der Waals surface area contributed by atoms with Crippen LogP contribution in [-0.2, 0) is 67.2 Å². The Hall–Kier alpha value is -7.93. The van der Waals surface area contributed by atoms with Crippen molar-refractivity contribution in [2.75, 3.05) is 6.54 Å². The zero-order valence-electron chi connectivity index (χ0n) is 42.5. The third-order valence-corrected chi connectivity index (χ3v) is 12.4. The van der Waals surface area contributed by atoms with Crippen molar-refractivity contribution in [3.8, 4) is 5.75 Å². The van der Waals surface area contributed by atoms with Crippen LogP contribution < -0.4 is 54.4 Å². The second kappa shape index (κ2) is 31.0. The van der Waals surface area contributed by atoms with Crippen LogP contribution in [-0.4, -0.2) is 139 Å². The number of amides is 8. The molecule has 1 aromatic heterocycles. The molecule has 0 fully saturated rings. The first-order valence-electron chi connectivity index (χ1n) is 24.7. The van der Waals surface area contributed by atoms with Crippen molar-refractivity contribution in [1.82, 2.24) is 47.2 Å². The van der Waals surface area contributed by atoms with Gasteiger partial charge in [-0.25, -0.2) is 9.78 Å². The molecule has 410 valence electrons. The number of nitrogens with one attached hydrogen (secondary N) is 8. The van der Waals surface area contributed by atoms with Gasteiger partial charge in [-0.2, -0.15) is 0 Å². The highest BCUT2D eigenvalue weighted by molar-refractivity contribution is 5.99. The van der Waals surface area contributed by atoms with Crippen molar-refractivity contribution in [1.29, 1.82) is 0 Å². The molecule has 0 aliphatic carbocycles. The van der Waals surface area contributed by atoms with E-state index in [1.54, 1.807) is 70.2 Å². The van der Waals surface area contributed by atoms with Gasteiger partial charge in [-0.05, 0) is 67.3 Å². The first-order valence-corrected chi connectivity index (χ1v) is 24.7. The zero-order chi connectivity index (χ0) is 55.8. The number of rotatable bonds is 33. The predicted octanol–water partition coefficient (Wildman–Crippen LogP) is -1.48.